The molecule has 0 fully saturated rings. The third-order valence-corrected chi connectivity index (χ3v) is 2.46. The maximum Gasteiger partial charge on any atom is 0.325 e. The van der Waals surface area contributed by atoms with Gasteiger partial charge in [0.15, 0.2) is 0 Å². The summed E-state index contributed by atoms with van der Waals surface area (Å²) in [4.78, 5) is 49.3. The van der Waals surface area contributed by atoms with Gasteiger partial charge >= 0.3 is 17.6 Å². The summed E-state index contributed by atoms with van der Waals surface area (Å²) >= 11 is 0. The Morgan fingerprint density at radius 3 is 2.42 bits per heavy atom. The highest BCUT2D eigenvalue weighted by atomic mass is 16.5. The summed E-state index contributed by atoms with van der Waals surface area (Å²) in [6.07, 6.45) is -0.195. The van der Waals surface area contributed by atoms with Crippen molar-refractivity contribution >= 4 is 11.9 Å². The molecule has 1 rings (SSSR count). The van der Waals surface area contributed by atoms with Crippen molar-refractivity contribution in [2.45, 2.75) is 12.8 Å². The van der Waals surface area contributed by atoms with Crippen LogP contribution in [-0.4, -0.2) is 36.1 Å². The highest BCUT2D eigenvalue weighted by Gasteiger charge is 2.24. The zero-order valence-corrected chi connectivity index (χ0v) is 10.5. The minimum atomic E-state index is -0.824. The second-order valence-corrected chi connectivity index (χ2v) is 3.82. The van der Waals surface area contributed by atoms with Gasteiger partial charge in [-0.15, -0.1) is 0 Å². The van der Waals surface area contributed by atoms with E-state index in [1.807, 2.05) is 4.98 Å². The maximum absolute atomic E-state index is 11.5. The van der Waals surface area contributed by atoms with Gasteiger partial charge < -0.3 is 14.5 Å². The van der Waals surface area contributed by atoms with Crippen LogP contribution in [0.4, 0.5) is 0 Å². The summed E-state index contributed by atoms with van der Waals surface area (Å²) in [5.74, 6) is -2.02. The number of carbonyl (C=O) groups is 2. The van der Waals surface area contributed by atoms with Crippen LogP contribution in [0.3, 0.4) is 0 Å². The van der Waals surface area contributed by atoms with Crippen molar-refractivity contribution in [2.75, 3.05) is 14.2 Å². The molecule has 1 atom stereocenters. The summed E-state index contributed by atoms with van der Waals surface area (Å²) in [5.41, 5.74) is -1.02. The molecule has 0 bridgehead atoms. The zero-order chi connectivity index (χ0) is 14.4. The quantitative estimate of drug-likeness (QED) is 0.659. The molecule has 0 aliphatic rings. The Morgan fingerprint density at radius 1 is 1.21 bits per heavy atom. The number of hydrogen-bond acceptors (Lipinski definition) is 6. The van der Waals surface area contributed by atoms with E-state index >= 15 is 0 Å². The van der Waals surface area contributed by atoms with Crippen LogP contribution in [0, 0.1) is 5.92 Å². The van der Waals surface area contributed by atoms with Gasteiger partial charge in [0.1, 0.15) is 0 Å². The SMILES string of the molecule is COC(=O)CC(Cc1cc(=O)[nH]c(=O)[nH]1)C(=O)OC. The number of nitrogens with one attached hydrogen (secondary N) is 2. The van der Waals surface area contributed by atoms with Crippen LogP contribution < -0.4 is 11.2 Å². The Balaban J connectivity index is 2.93. The number of aromatic nitrogens is 2. The first-order valence-electron chi connectivity index (χ1n) is 5.43. The summed E-state index contributed by atoms with van der Waals surface area (Å²) in [7, 11) is 2.39. The van der Waals surface area contributed by atoms with E-state index in [1.54, 1.807) is 0 Å². The summed E-state index contributed by atoms with van der Waals surface area (Å²) in [6.45, 7) is 0. The molecule has 1 heterocycles. The van der Waals surface area contributed by atoms with Gasteiger partial charge in [-0.3, -0.25) is 19.4 Å². The Hall–Kier alpha value is -2.38. The van der Waals surface area contributed by atoms with Gasteiger partial charge in [-0.05, 0) is 0 Å². The third kappa shape index (κ3) is 4.41. The van der Waals surface area contributed by atoms with E-state index in [0.29, 0.717) is 0 Å². The average molecular weight is 270 g/mol. The van der Waals surface area contributed by atoms with E-state index in [-0.39, 0.29) is 18.5 Å². The number of hydrogen-bond donors (Lipinski definition) is 2. The van der Waals surface area contributed by atoms with E-state index < -0.39 is 29.1 Å². The average Bonchev–Trinajstić information content (AvgIpc) is 2.35. The minimum Gasteiger partial charge on any atom is -0.469 e. The molecular formula is C11H14N2O6. The molecule has 8 nitrogen and oxygen atoms in total. The Labute approximate surface area is 107 Å². The van der Waals surface area contributed by atoms with Crippen molar-refractivity contribution in [3.63, 3.8) is 0 Å². The fourth-order valence-corrected chi connectivity index (χ4v) is 1.58. The normalized spacial score (nSPS) is 11.7. The van der Waals surface area contributed by atoms with E-state index in [1.165, 1.54) is 14.2 Å². The molecule has 0 aliphatic heterocycles. The highest BCUT2D eigenvalue weighted by Crippen LogP contribution is 2.12. The number of carbonyl (C=O) groups excluding carboxylic acids is 2. The molecule has 0 saturated heterocycles. The van der Waals surface area contributed by atoms with Crippen LogP contribution in [0.25, 0.3) is 0 Å². The predicted octanol–water partition coefficient (Wildman–Crippen LogP) is -1.04. The lowest BCUT2D eigenvalue weighted by molar-refractivity contribution is -0.152. The molecule has 0 radical (unpaired) electrons. The van der Waals surface area contributed by atoms with E-state index in [9.17, 15) is 19.2 Å². The molecule has 1 aromatic rings. The lowest BCUT2D eigenvalue weighted by Gasteiger charge is -2.12. The number of ether oxygens (including phenoxy) is 2. The molecule has 104 valence electrons. The van der Waals surface area contributed by atoms with Gasteiger partial charge in [0, 0.05) is 18.2 Å². The Kier molecular flexibility index (Phi) is 5.04. The Morgan fingerprint density at radius 2 is 1.89 bits per heavy atom. The molecule has 1 aromatic heterocycles. The molecule has 0 amide bonds. The van der Waals surface area contributed by atoms with Crippen LogP contribution in [0.5, 0.6) is 0 Å². The van der Waals surface area contributed by atoms with Gasteiger partial charge in [-0.1, -0.05) is 0 Å². The molecule has 8 heteroatoms. The monoisotopic (exact) mass is 270 g/mol. The fourth-order valence-electron chi connectivity index (χ4n) is 1.58. The lowest BCUT2D eigenvalue weighted by atomic mass is 9.99. The standard InChI is InChI=1S/C11H14N2O6/c1-18-9(15)4-6(10(16)19-2)3-7-5-8(14)13-11(17)12-7/h5-6H,3-4H2,1-2H3,(H2,12,13,14,17). The Bertz CT molecular complexity index is 545. The van der Waals surface area contributed by atoms with Gasteiger partial charge in [-0.2, -0.15) is 0 Å². The van der Waals surface area contributed by atoms with E-state index in [0.717, 1.165) is 6.07 Å². The van der Waals surface area contributed by atoms with Crippen molar-refractivity contribution in [3.8, 4) is 0 Å². The van der Waals surface area contributed by atoms with Crippen molar-refractivity contribution in [1.82, 2.24) is 9.97 Å². The number of esters is 2. The van der Waals surface area contributed by atoms with Gasteiger partial charge in [-0.25, -0.2) is 4.79 Å². The minimum absolute atomic E-state index is 0.000926. The predicted molar refractivity (Wildman–Crippen MR) is 63.5 cm³/mol. The summed E-state index contributed by atoms with van der Waals surface area (Å²) in [6, 6.07) is 1.15. The van der Waals surface area contributed by atoms with Crippen molar-refractivity contribution in [2.24, 2.45) is 5.92 Å². The van der Waals surface area contributed by atoms with Gasteiger partial charge in [0.25, 0.3) is 5.56 Å². The molecule has 19 heavy (non-hydrogen) atoms. The highest BCUT2D eigenvalue weighted by molar-refractivity contribution is 5.80. The summed E-state index contributed by atoms with van der Waals surface area (Å²) < 4.78 is 9.04. The van der Waals surface area contributed by atoms with Crippen LogP contribution >= 0.6 is 0 Å². The maximum atomic E-state index is 11.5. The molecule has 2 N–H and O–H groups in total. The molecule has 0 saturated carbocycles. The number of aromatic amines is 2. The van der Waals surface area contributed by atoms with Crippen molar-refractivity contribution in [1.29, 1.82) is 0 Å². The van der Waals surface area contributed by atoms with E-state index in [2.05, 4.69) is 14.5 Å². The third-order valence-electron chi connectivity index (χ3n) is 2.46. The van der Waals surface area contributed by atoms with Crippen molar-refractivity contribution in [3.05, 3.63) is 32.6 Å². The molecule has 1 unspecified atom stereocenters. The smallest absolute Gasteiger partial charge is 0.325 e. The molecule has 0 spiro atoms. The second kappa shape index (κ2) is 6.53. The first-order chi connectivity index (χ1) is 8.96. The second-order valence-electron chi connectivity index (χ2n) is 3.82. The largest absolute Gasteiger partial charge is 0.469 e. The van der Waals surface area contributed by atoms with E-state index in [4.69, 9.17) is 0 Å². The number of rotatable bonds is 5. The van der Waals surface area contributed by atoms with Crippen LogP contribution in [0.15, 0.2) is 15.7 Å². The number of H-pyrrole nitrogens is 2. The molecular weight excluding hydrogens is 256 g/mol. The van der Waals surface area contributed by atoms with Gasteiger partial charge in [0.2, 0.25) is 0 Å². The lowest BCUT2D eigenvalue weighted by Crippen LogP contribution is -2.27. The summed E-state index contributed by atoms with van der Waals surface area (Å²) in [5, 5.41) is 0. The van der Waals surface area contributed by atoms with Gasteiger partial charge in [0.05, 0.1) is 26.6 Å². The first kappa shape index (κ1) is 14.7. The topological polar surface area (TPSA) is 118 Å². The van der Waals surface area contributed by atoms with Crippen molar-refractivity contribution < 1.29 is 19.1 Å². The molecule has 0 aromatic carbocycles. The number of methoxy groups -OCH3 is 2. The fraction of sp³-hybridized carbons (Fsp3) is 0.455. The van der Waals surface area contributed by atoms with Crippen LogP contribution in [-0.2, 0) is 25.5 Å². The zero-order valence-electron chi connectivity index (χ0n) is 10.5. The first-order valence-corrected chi connectivity index (χ1v) is 5.43. The molecule has 0 aliphatic carbocycles. The van der Waals surface area contributed by atoms with Crippen LogP contribution in [0.2, 0.25) is 0 Å². The van der Waals surface area contributed by atoms with Crippen LogP contribution in [0.1, 0.15) is 12.1 Å².